The number of hydrogen-bond acceptors (Lipinski definition) is 2. The Kier molecular flexibility index (Phi) is 5.05. The van der Waals surface area contributed by atoms with Crippen LogP contribution in [0.3, 0.4) is 0 Å². The second-order valence-corrected chi connectivity index (χ2v) is 5.20. The van der Waals surface area contributed by atoms with Gasteiger partial charge < -0.3 is 5.32 Å². The van der Waals surface area contributed by atoms with Gasteiger partial charge in [0.2, 0.25) is 0 Å². The number of pyridine rings is 1. The standard InChI is InChI=1S/C15H16BrFN2/c1-18-14(9-8-11-5-2-3-10-19-11)12-6-4-7-13(16)15(12)17/h2-7,10,14,18H,8-9H2,1H3. The van der Waals surface area contributed by atoms with Crippen molar-refractivity contribution in [2.24, 2.45) is 0 Å². The van der Waals surface area contributed by atoms with E-state index < -0.39 is 0 Å². The first-order valence-electron chi connectivity index (χ1n) is 6.23. The Morgan fingerprint density at radius 1 is 1.26 bits per heavy atom. The van der Waals surface area contributed by atoms with Gasteiger partial charge in [-0.25, -0.2) is 4.39 Å². The molecular weight excluding hydrogens is 307 g/mol. The van der Waals surface area contributed by atoms with Gasteiger partial charge in [-0.1, -0.05) is 18.2 Å². The molecule has 0 aliphatic carbocycles. The van der Waals surface area contributed by atoms with Crippen LogP contribution in [0.15, 0.2) is 47.1 Å². The molecular formula is C15H16BrFN2. The number of benzene rings is 1. The van der Waals surface area contributed by atoms with Crippen LogP contribution in [0.25, 0.3) is 0 Å². The number of rotatable bonds is 5. The molecule has 4 heteroatoms. The molecule has 1 aromatic carbocycles. The van der Waals surface area contributed by atoms with Crippen LogP contribution in [0, 0.1) is 5.82 Å². The third kappa shape index (κ3) is 3.61. The highest BCUT2D eigenvalue weighted by Gasteiger charge is 2.15. The van der Waals surface area contributed by atoms with Gasteiger partial charge in [-0.05, 0) is 54.0 Å². The summed E-state index contributed by atoms with van der Waals surface area (Å²) < 4.78 is 14.6. The van der Waals surface area contributed by atoms with Gasteiger partial charge in [-0.3, -0.25) is 4.98 Å². The van der Waals surface area contributed by atoms with Crippen molar-refractivity contribution in [1.29, 1.82) is 0 Å². The monoisotopic (exact) mass is 322 g/mol. The highest BCUT2D eigenvalue weighted by Crippen LogP contribution is 2.26. The Labute approximate surface area is 121 Å². The fraction of sp³-hybridized carbons (Fsp3) is 0.267. The lowest BCUT2D eigenvalue weighted by atomic mass is 10.0. The van der Waals surface area contributed by atoms with Crippen molar-refractivity contribution in [3.63, 3.8) is 0 Å². The molecule has 2 rings (SSSR count). The Morgan fingerprint density at radius 3 is 2.79 bits per heavy atom. The molecule has 0 saturated carbocycles. The average Bonchev–Trinajstić information content (AvgIpc) is 2.45. The lowest BCUT2D eigenvalue weighted by Crippen LogP contribution is -2.18. The Bertz CT molecular complexity index is 531. The molecule has 0 fully saturated rings. The molecule has 1 N–H and O–H groups in total. The van der Waals surface area contributed by atoms with Gasteiger partial charge in [0.15, 0.2) is 0 Å². The fourth-order valence-corrected chi connectivity index (χ4v) is 2.46. The molecule has 100 valence electrons. The molecule has 19 heavy (non-hydrogen) atoms. The van der Waals surface area contributed by atoms with Gasteiger partial charge in [0.1, 0.15) is 5.82 Å². The van der Waals surface area contributed by atoms with Crippen LogP contribution in [-0.4, -0.2) is 12.0 Å². The molecule has 0 spiro atoms. The molecule has 0 aliphatic heterocycles. The van der Waals surface area contributed by atoms with E-state index in [1.165, 1.54) is 0 Å². The summed E-state index contributed by atoms with van der Waals surface area (Å²) in [5, 5.41) is 3.17. The van der Waals surface area contributed by atoms with Crippen LogP contribution in [0.5, 0.6) is 0 Å². The summed E-state index contributed by atoms with van der Waals surface area (Å²) in [5.41, 5.74) is 1.71. The van der Waals surface area contributed by atoms with E-state index in [2.05, 4.69) is 26.2 Å². The first-order valence-corrected chi connectivity index (χ1v) is 7.02. The highest BCUT2D eigenvalue weighted by molar-refractivity contribution is 9.10. The zero-order chi connectivity index (χ0) is 13.7. The van der Waals surface area contributed by atoms with Crippen molar-refractivity contribution >= 4 is 15.9 Å². The fourth-order valence-electron chi connectivity index (χ4n) is 2.08. The van der Waals surface area contributed by atoms with E-state index in [1.807, 2.05) is 37.4 Å². The quantitative estimate of drug-likeness (QED) is 0.903. The van der Waals surface area contributed by atoms with Gasteiger partial charge in [0.25, 0.3) is 0 Å². The highest BCUT2D eigenvalue weighted by atomic mass is 79.9. The minimum Gasteiger partial charge on any atom is -0.313 e. The number of nitrogens with one attached hydrogen (secondary N) is 1. The van der Waals surface area contributed by atoms with Gasteiger partial charge in [-0.15, -0.1) is 0 Å². The summed E-state index contributed by atoms with van der Waals surface area (Å²) in [5.74, 6) is -0.192. The van der Waals surface area contributed by atoms with Crippen LogP contribution in [0.1, 0.15) is 23.7 Å². The summed E-state index contributed by atoms with van der Waals surface area (Å²) in [6.07, 6.45) is 3.41. The van der Waals surface area contributed by atoms with Crippen LogP contribution in [0.4, 0.5) is 4.39 Å². The number of aromatic nitrogens is 1. The van der Waals surface area contributed by atoms with E-state index in [4.69, 9.17) is 0 Å². The van der Waals surface area contributed by atoms with Crippen LogP contribution < -0.4 is 5.32 Å². The second-order valence-electron chi connectivity index (χ2n) is 4.34. The number of aryl methyl sites for hydroxylation is 1. The molecule has 2 nitrogen and oxygen atoms in total. The topological polar surface area (TPSA) is 24.9 Å². The van der Waals surface area contributed by atoms with Crippen molar-refractivity contribution in [1.82, 2.24) is 10.3 Å². The molecule has 0 amide bonds. The predicted octanol–water partition coefficient (Wildman–Crippen LogP) is 3.88. The summed E-state index contributed by atoms with van der Waals surface area (Å²) in [6, 6.07) is 11.2. The van der Waals surface area contributed by atoms with Gasteiger partial charge in [0, 0.05) is 23.5 Å². The molecule has 0 aliphatic rings. The molecule has 0 saturated heterocycles. The molecule has 0 radical (unpaired) electrons. The number of hydrogen-bond donors (Lipinski definition) is 1. The Hall–Kier alpha value is -1.26. The maximum atomic E-state index is 14.1. The minimum atomic E-state index is -0.192. The summed E-state index contributed by atoms with van der Waals surface area (Å²) in [6.45, 7) is 0. The smallest absolute Gasteiger partial charge is 0.142 e. The molecule has 2 aromatic rings. The third-order valence-electron chi connectivity index (χ3n) is 3.12. The van der Waals surface area contributed by atoms with E-state index in [0.717, 1.165) is 18.5 Å². The maximum absolute atomic E-state index is 14.1. The zero-order valence-electron chi connectivity index (χ0n) is 10.7. The number of halogens is 2. The van der Waals surface area contributed by atoms with Crippen LogP contribution in [-0.2, 0) is 6.42 Å². The van der Waals surface area contributed by atoms with Crippen LogP contribution >= 0.6 is 15.9 Å². The molecule has 1 atom stereocenters. The normalized spacial score (nSPS) is 12.4. The first-order chi connectivity index (χ1) is 9.22. The van der Waals surface area contributed by atoms with E-state index in [1.54, 1.807) is 12.3 Å². The first kappa shape index (κ1) is 14.2. The van der Waals surface area contributed by atoms with E-state index in [0.29, 0.717) is 10.0 Å². The van der Waals surface area contributed by atoms with Crippen molar-refractivity contribution in [2.45, 2.75) is 18.9 Å². The Morgan fingerprint density at radius 2 is 2.11 bits per heavy atom. The molecule has 1 aromatic heterocycles. The maximum Gasteiger partial charge on any atom is 0.142 e. The molecule has 0 bridgehead atoms. The Balaban J connectivity index is 2.10. The van der Waals surface area contributed by atoms with Gasteiger partial charge >= 0.3 is 0 Å². The van der Waals surface area contributed by atoms with Crippen molar-refractivity contribution < 1.29 is 4.39 Å². The van der Waals surface area contributed by atoms with Crippen LogP contribution in [0.2, 0.25) is 0 Å². The summed E-state index contributed by atoms with van der Waals surface area (Å²) in [4.78, 5) is 4.29. The van der Waals surface area contributed by atoms with Gasteiger partial charge in [0.05, 0.1) is 4.47 Å². The largest absolute Gasteiger partial charge is 0.313 e. The predicted molar refractivity (Wildman–Crippen MR) is 78.5 cm³/mol. The molecule has 1 heterocycles. The van der Waals surface area contributed by atoms with Crippen molar-refractivity contribution in [3.8, 4) is 0 Å². The van der Waals surface area contributed by atoms with E-state index in [9.17, 15) is 4.39 Å². The SMILES string of the molecule is CNC(CCc1ccccn1)c1cccc(Br)c1F. The second kappa shape index (κ2) is 6.78. The van der Waals surface area contributed by atoms with Gasteiger partial charge in [-0.2, -0.15) is 0 Å². The van der Waals surface area contributed by atoms with E-state index in [-0.39, 0.29) is 11.9 Å². The average molecular weight is 323 g/mol. The summed E-state index contributed by atoms with van der Waals surface area (Å²) in [7, 11) is 1.85. The van der Waals surface area contributed by atoms with Crippen molar-refractivity contribution in [2.75, 3.05) is 7.05 Å². The minimum absolute atomic E-state index is 0.0143. The zero-order valence-corrected chi connectivity index (χ0v) is 12.3. The lowest BCUT2D eigenvalue weighted by Gasteiger charge is -2.17. The number of nitrogens with zero attached hydrogens (tertiary/aromatic N) is 1. The van der Waals surface area contributed by atoms with E-state index >= 15 is 0 Å². The lowest BCUT2D eigenvalue weighted by molar-refractivity contribution is 0.504. The molecule has 1 unspecified atom stereocenters. The summed E-state index contributed by atoms with van der Waals surface area (Å²) >= 11 is 3.22. The van der Waals surface area contributed by atoms with Crippen molar-refractivity contribution in [3.05, 3.63) is 64.1 Å². The third-order valence-corrected chi connectivity index (χ3v) is 3.73.